The van der Waals surface area contributed by atoms with Gasteiger partial charge in [-0.15, -0.1) is 0 Å². The molecule has 0 aromatic heterocycles. The lowest BCUT2D eigenvalue weighted by molar-refractivity contribution is -0.210. The van der Waals surface area contributed by atoms with Gasteiger partial charge in [0.2, 0.25) is 5.91 Å². The molecule has 2 aromatic carbocycles. The van der Waals surface area contributed by atoms with Gasteiger partial charge in [-0.3, -0.25) is 14.6 Å². The van der Waals surface area contributed by atoms with Crippen LogP contribution in [0.5, 0.6) is 5.75 Å². The number of carbonyl (C=O) groups excluding carboxylic acids is 2. The van der Waals surface area contributed by atoms with Crippen molar-refractivity contribution in [3.05, 3.63) is 52.5 Å². The number of alkyl halides is 3. The number of benzene rings is 2. The van der Waals surface area contributed by atoms with Crippen molar-refractivity contribution in [1.82, 2.24) is 5.32 Å². The van der Waals surface area contributed by atoms with Crippen molar-refractivity contribution in [2.75, 3.05) is 6.54 Å². The average Bonchev–Trinajstić information content (AvgIpc) is 2.59. The van der Waals surface area contributed by atoms with Gasteiger partial charge in [-0.1, -0.05) is 23.7 Å². The molecule has 0 saturated carbocycles. The van der Waals surface area contributed by atoms with Crippen LogP contribution in [0.3, 0.4) is 0 Å². The second kappa shape index (κ2) is 8.97. The second-order valence-electron chi connectivity index (χ2n) is 5.87. The molecule has 0 aliphatic carbocycles. The zero-order valence-electron chi connectivity index (χ0n) is 15.0. The SMILES string of the molecule is CC(=O)NCCc1cc(Cl)ccc1-c1c(OOC(C)=O)cccc1C(F)(F)F. The van der Waals surface area contributed by atoms with Crippen LogP contribution in [0.1, 0.15) is 25.0 Å². The minimum Gasteiger partial charge on any atom is -0.356 e. The largest absolute Gasteiger partial charge is 0.417 e. The number of halogens is 4. The lowest BCUT2D eigenvalue weighted by atomic mass is 9.92. The Morgan fingerprint density at radius 3 is 2.46 bits per heavy atom. The summed E-state index contributed by atoms with van der Waals surface area (Å²) in [5, 5.41) is 2.91. The van der Waals surface area contributed by atoms with Crippen molar-refractivity contribution in [2.45, 2.75) is 26.4 Å². The van der Waals surface area contributed by atoms with Crippen LogP contribution in [0.25, 0.3) is 11.1 Å². The van der Waals surface area contributed by atoms with E-state index < -0.39 is 17.7 Å². The fourth-order valence-corrected chi connectivity index (χ4v) is 2.80. The van der Waals surface area contributed by atoms with E-state index in [1.54, 1.807) is 0 Å². The van der Waals surface area contributed by atoms with Gasteiger partial charge in [0.25, 0.3) is 0 Å². The van der Waals surface area contributed by atoms with Crippen LogP contribution in [-0.2, 0) is 27.1 Å². The molecule has 5 nitrogen and oxygen atoms in total. The van der Waals surface area contributed by atoms with E-state index in [-0.39, 0.29) is 35.7 Å². The van der Waals surface area contributed by atoms with E-state index in [0.29, 0.717) is 10.6 Å². The van der Waals surface area contributed by atoms with Gasteiger partial charge in [-0.05, 0) is 41.8 Å². The Balaban J connectivity index is 2.61. The topological polar surface area (TPSA) is 64.6 Å². The number of amides is 1. The third kappa shape index (κ3) is 5.63. The highest BCUT2D eigenvalue weighted by atomic mass is 35.5. The van der Waals surface area contributed by atoms with Crippen LogP contribution in [0.4, 0.5) is 13.2 Å². The monoisotopic (exact) mass is 415 g/mol. The summed E-state index contributed by atoms with van der Waals surface area (Å²) >= 11 is 6.01. The minimum absolute atomic E-state index is 0.199. The van der Waals surface area contributed by atoms with Crippen LogP contribution < -0.4 is 10.2 Å². The molecular weight excluding hydrogens is 399 g/mol. The molecule has 0 heterocycles. The Kier molecular flexibility index (Phi) is 6.90. The Morgan fingerprint density at radius 2 is 1.86 bits per heavy atom. The van der Waals surface area contributed by atoms with E-state index in [4.69, 9.17) is 16.5 Å². The van der Waals surface area contributed by atoms with Crippen molar-refractivity contribution in [3.63, 3.8) is 0 Å². The van der Waals surface area contributed by atoms with Gasteiger partial charge in [0.1, 0.15) is 0 Å². The predicted octanol–water partition coefficient (Wildman–Crippen LogP) is 4.56. The third-order valence-corrected chi connectivity index (χ3v) is 3.92. The zero-order chi connectivity index (χ0) is 20.9. The standard InChI is InChI=1S/C19H17ClF3NO4/c1-11(25)24-9-8-13-10-14(20)6-7-15(13)18-16(19(21,22)23)4-3-5-17(18)28-27-12(2)26/h3-7,10H,8-9H2,1-2H3,(H,24,25). The number of carbonyl (C=O) groups is 2. The summed E-state index contributed by atoms with van der Waals surface area (Å²) in [5.74, 6) is -1.35. The third-order valence-electron chi connectivity index (χ3n) is 3.69. The van der Waals surface area contributed by atoms with Crippen molar-refractivity contribution in [2.24, 2.45) is 0 Å². The summed E-state index contributed by atoms with van der Waals surface area (Å²) in [7, 11) is 0. The van der Waals surface area contributed by atoms with E-state index in [0.717, 1.165) is 19.1 Å². The molecule has 150 valence electrons. The Morgan fingerprint density at radius 1 is 1.14 bits per heavy atom. The first-order chi connectivity index (χ1) is 13.1. The van der Waals surface area contributed by atoms with Crippen LogP contribution in [0.2, 0.25) is 5.02 Å². The summed E-state index contributed by atoms with van der Waals surface area (Å²) in [6.07, 6.45) is -4.45. The second-order valence-corrected chi connectivity index (χ2v) is 6.31. The molecule has 0 bridgehead atoms. The van der Waals surface area contributed by atoms with Crippen molar-refractivity contribution >= 4 is 23.5 Å². The lowest BCUT2D eigenvalue weighted by Crippen LogP contribution is -2.22. The highest BCUT2D eigenvalue weighted by Crippen LogP contribution is 2.43. The van der Waals surface area contributed by atoms with Crippen LogP contribution >= 0.6 is 11.6 Å². The number of hydrogen-bond donors (Lipinski definition) is 1. The Labute approximate surface area is 164 Å². The van der Waals surface area contributed by atoms with E-state index in [9.17, 15) is 22.8 Å². The quantitative estimate of drug-likeness (QED) is 0.555. The van der Waals surface area contributed by atoms with Crippen LogP contribution in [-0.4, -0.2) is 18.4 Å². The summed E-state index contributed by atoms with van der Waals surface area (Å²) in [5.41, 5.74) is -0.582. The first-order valence-corrected chi connectivity index (χ1v) is 8.56. The molecule has 1 amide bonds. The maximum absolute atomic E-state index is 13.6. The maximum Gasteiger partial charge on any atom is 0.417 e. The van der Waals surface area contributed by atoms with Gasteiger partial charge in [0.15, 0.2) is 5.75 Å². The lowest BCUT2D eigenvalue weighted by Gasteiger charge is -2.19. The van der Waals surface area contributed by atoms with Crippen LogP contribution in [0, 0.1) is 0 Å². The molecule has 0 unspecified atom stereocenters. The van der Waals surface area contributed by atoms with Gasteiger partial charge >= 0.3 is 12.1 Å². The summed E-state index contributed by atoms with van der Waals surface area (Å²) in [4.78, 5) is 31.4. The average molecular weight is 416 g/mol. The Hall–Kier alpha value is -2.74. The smallest absolute Gasteiger partial charge is 0.356 e. The summed E-state index contributed by atoms with van der Waals surface area (Å²) in [6, 6.07) is 7.71. The van der Waals surface area contributed by atoms with Gasteiger partial charge in [0, 0.05) is 31.0 Å². The van der Waals surface area contributed by atoms with Crippen molar-refractivity contribution in [3.8, 4) is 16.9 Å². The fraction of sp³-hybridized carbons (Fsp3) is 0.263. The molecule has 1 N–H and O–H groups in total. The minimum atomic E-state index is -4.68. The van der Waals surface area contributed by atoms with E-state index in [1.165, 1.54) is 31.2 Å². The highest BCUT2D eigenvalue weighted by Gasteiger charge is 2.36. The highest BCUT2D eigenvalue weighted by molar-refractivity contribution is 6.30. The van der Waals surface area contributed by atoms with Crippen molar-refractivity contribution < 1.29 is 32.5 Å². The zero-order valence-corrected chi connectivity index (χ0v) is 15.8. The van der Waals surface area contributed by atoms with Gasteiger partial charge in [-0.2, -0.15) is 13.2 Å². The molecule has 28 heavy (non-hydrogen) atoms. The number of hydrogen-bond acceptors (Lipinski definition) is 4. The first-order valence-electron chi connectivity index (χ1n) is 8.18. The molecule has 0 fully saturated rings. The van der Waals surface area contributed by atoms with Crippen LogP contribution in [0.15, 0.2) is 36.4 Å². The van der Waals surface area contributed by atoms with E-state index >= 15 is 0 Å². The summed E-state index contributed by atoms with van der Waals surface area (Å²) in [6.45, 7) is 2.61. The number of nitrogens with one attached hydrogen (secondary N) is 1. The van der Waals surface area contributed by atoms with Gasteiger partial charge in [-0.25, -0.2) is 4.79 Å². The molecule has 0 spiro atoms. The number of rotatable bonds is 6. The predicted molar refractivity (Wildman–Crippen MR) is 96.7 cm³/mol. The van der Waals surface area contributed by atoms with Gasteiger partial charge in [0.05, 0.1) is 5.56 Å². The van der Waals surface area contributed by atoms with Gasteiger partial charge < -0.3 is 5.32 Å². The molecule has 0 saturated heterocycles. The molecule has 0 aliphatic rings. The first kappa shape index (κ1) is 21.6. The Bertz CT molecular complexity index is 884. The summed E-state index contributed by atoms with van der Waals surface area (Å²) < 4.78 is 40.9. The maximum atomic E-state index is 13.6. The van der Waals surface area contributed by atoms with Crippen molar-refractivity contribution in [1.29, 1.82) is 0 Å². The molecule has 0 aliphatic heterocycles. The molecule has 0 atom stereocenters. The van der Waals surface area contributed by atoms with E-state index in [1.807, 2.05) is 0 Å². The molecular formula is C19H17ClF3NO4. The fourth-order valence-electron chi connectivity index (χ4n) is 2.60. The molecule has 0 radical (unpaired) electrons. The molecule has 2 aromatic rings. The molecule has 9 heteroatoms. The molecule has 2 rings (SSSR count). The van der Waals surface area contributed by atoms with E-state index in [2.05, 4.69) is 10.2 Å². The normalized spacial score (nSPS) is 11.1.